The van der Waals surface area contributed by atoms with Crippen molar-refractivity contribution in [3.05, 3.63) is 40.5 Å². The van der Waals surface area contributed by atoms with Crippen LogP contribution in [0.2, 0.25) is 0 Å². The third-order valence-corrected chi connectivity index (χ3v) is 6.72. The van der Waals surface area contributed by atoms with Crippen LogP contribution in [0.1, 0.15) is 36.5 Å². The normalized spacial score (nSPS) is 39.6. The predicted molar refractivity (Wildman–Crippen MR) is 83.9 cm³/mol. The fourth-order valence-corrected chi connectivity index (χ4v) is 5.72. The highest BCUT2D eigenvalue weighted by Gasteiger charge is 2.62. The SMILES string of the molecule is CC1=CCC2C3Cc4ccc(C)c5c4[C@@]2(CCN3C)[C@H]1O5. The van der Waals surface area contributed by atoms with Crippen molar-refractivity contribution in [3.8, 4) is 5.75 Å². The molecular weight excluding hydrogens is 258 g/mol. The van der Waals surface area contributed by atoms with E-state index in [1.807, 2.05) is 0 Å². The molecule has 2 aliphatic heterocycles. The van der Waals surface area contributed by atoms with Crippen LogP contribution in [-0.4, -0.2) is 30.6 Å². The van der Waals surface area contributed by atoms with E-state index in [-0.39, 0.29) is 5.41 Å². The monoisotopic (exact) mass is 281 g/mol. The number of hydrogen-bond donors (Lipinski definition) is 0. The highest BCUT2D eigenvalue weighted by atomic mass is 16.5. The Kier molecular flexibility index (Phi) is 2.18. The van der Waals surface area contributed by atoms with Crippen LogP contribution in [0.3, 0.4) is 0 Å². The van der Waals surface area contributed by atoms with Gasteiger partial charge in [-0.25, -0.2) is 0 Å². The van der Waals surface area contributed by atoms with Crippen molar-refractivity contribution in [2.75, 3.05) is 13.6 Å². The molecule has 0 aromatic heterocycles. The van der Waals surface area contributed by atoms with Gasteiger partial charge in [-0.15, -0.1) is 0 Å². The summed E-state index contributed by atoms with van der Waals surface area (Å²) >= 11 is 0. The third kappa shape index (κ3) is 1.25. The Balaban J connectivity index is 1.85. The van der Waals surface area contributed by atoms with Crippen LogP contribution in [-0.2, 0) is 11.8 Å². The lowest BCUT2D eigenvalue weighted by Crippen LogP contribution is -2.63. The van der Waals surface area contributed by atoms with Gasteiger partial charge in [0.2, 0.25) is 0 Å². The number of allylic oxidation sites excluding steroid dienone is 1. The number of aryl methyl sites for hydroxylation is 1. The zero-order chi connectivity index (χ0) is 14.4. The number of rotatable bonds is 0. The summed E-state index contributed by atoms with van der Waals surface area (Å²) in [5, 5.41) is 0. The van der Waals surface area contributed by atoms with E-state index in [4.69, 9.17) is 4.74 Å². The van der Waals surface area contributed by atoms with Crippen molar-refractivity contribution in [1.29, 1.82) is 0 Å². The quantitative estimate of drug-likeness (QED) is 0.677. The summed E-state index contributed by atoms with van der Waals surface area (Å²) < 4.78 is 6.57. The Morgan fingerprint density at radius 1 is 1.29 bits per heavy atom. The molecule has 0 saturated carbocycles. The van der Waals surface area contributed by atoms with E-state index < -0.39 is 0 Å². The molecular formula is C19H23NO. The Hall–Kier alpha value is -1.28. The standard InChI is InChI=1S/C19H23NO/c1-11-4-6-13-10-15-14-7-5-12(2)18-19(14,8-9-20(15)3)16(13)17(11)21-18/h4-6,14-15,18H,7-10H2,1-3H3/t14?,15?,18-,19-/m0/s1. The summed E-state index contributed by atoms with van der Waals surface area (Å²) in [6.45, 7) is 5.69. The molecule has 1 aromatic carbocycles. The van der Waals surface area contributed by atoms with Gasteiger partial charge in [-0.3, -0.25) is 0 Å². The molecule has 2 bridgehead atoms. The first-order chi connectivity index (χ1) is 10.1. The lowest BCUT2D eigenvalue weighted by atomic mass is 9.52. The van der Waals surface area contributed by atoms with Crippen molar-refractivity contribution >= 4 is 0 Å². The Morgan fingerprint density at radius 3 is 3.00 bits per heavy atom. The molecule has 0 amide bonds. The van der Waals surface area contributed by atoms with E-state index in [0.29, 0.717) is 12.1 Å². The molecule has 110 valence electrons. The largest absolute Gasteiger partial charge is 0.485 e. The minimum absolute atomic E-state index is 0.269. The van der Waals surface area contributed by atoms with E-state index in [0.717, 1.165) is 5.92 Å². The van der Waals surface area contributed by atoms with Crippen LogP contribution < -0.4 is 4.74 Å². The van der Waals surface area contributed by atoms with Gasteiger partial charge in [-0.05, 0) is 69.3 Å². The molecule has 1 spiro atoms. The molecule has 1 fully saturated rings. The molecule has 21 heavy (non-hydrogen) atoms. The molecule has 2 heterocycles. The van der Waals surface area contributed by atoms with E-state index >= 15 is 0 Å². The third-order valence-electron chi connectivity index (χ3n) is 6.72. The lowest BCUT2D eigenvalue weighted by Gasteiger charge is -2.57. The molecule has 2 aliphatic carbocycles. The maximum Gasteiger partial charge on any atom is 0.130 e. The van der Waals surface area contributed by atoms with E-state index in [9.17, 15) is 0 Å². The molecule has 2 nitrogen and oxygen atoms in total. The van der Waals surface area contributed by atoms with Crippen LogP contribution in [0.25, 0.3) is 0 Å². The number of hydrogen-bond acceptors (Lipinski definition) is 2. The minimum atomic E-state index is 0.269. The summed E-state index contributed by atoms with van der Waals surface area (Å²) in [7, 11) is 2.31. The first kappa shape index (κ1) is 12.3. The van der Waals surface area contributed by atoms with Crippen molar-refractivity contribution < 1.29 is 4.74 Å². The Labute approximate surface area is 126 Å². The van der Waals surface area contributed by atoms with Crippen molar-refractivity contribution in [1.82, 2.24) is 4.90 Å². The zero-order valence-corrected chi connectivity index (χ0v) is 13.1. The number of nitrogens with zero attached hydrogens (tertiary/aromatic N) is 1. The molecule has 0 radical (unpaired) electrons. The van der Waals surface area contributed by atoms with E-state index in [1.165, 1.54) is 42.7 Å². The summed E-state index contributed by atoms with van der Waals surface area (Å²) in [5.74, 6) is 1.96. The van der Waals surface area contributed by atoms with Crippen LogP contribution in [0.15, 0.2) is 23.8 Å². The first-order valence-corrected chi connectivity index (χ1v) is 8.29. The fraction of sp³-hybridized carbons (Fsp3) is 0.579. The maximum absolute atomic E-state index is 6.57. The van der Waals surface area contributed by atoms with Gasteiger partial charge in [0.15, 0.2) is 0 Å². The van der Waals surface area contributed by atoms with Gasteiger partial charge in [0.1, 0.15) is 11.9 Å². The molecule has 5 rings (SSSR count). The molecule has 4 aliphatic rings. The number of benzene rings is 1. The second-order valence-corrected chi connectivity index (χ2v) is 7.58. The topological polar surface area (TPSA) is 12.5 Å². The molecule has 1 saturated heterocycles. The lowest BCUT2D eigenvalue weighted by molar-refractivity contribution is -0.00805. The van der Waals surface area contributed by atoms with Gasteiger partial charge in [0.25, 0.3) is 0 Å². The van der Waals surface area contributed by atoms with Crippen molar-refractivity contribution in [2.45, 2.75) is 50.7 Å². The summed E-state index contributed by atoms with van der Waals surface area (Å²) in [4.78, 5) is 2.60. The second kappa shape index (κ2) is 3.73. The zero-order valence-electron chi connectivity index (χ0n) is 13.1. The van der Waals surface area contributed by atoms with Crippen LogP contribution in [0.5, 0.6) is 5.75 Å². The van der Waals surface area contributed by atoms with Gasteiger partial charge >= 0.3 is 0 Å². The van der Waals surface area contributed by atoms with Crippen LogP contribution >= 0.6 is 0 Å². The number of likely N-dealkylation sites (tertiary alicyclic amines) is 1. The van der Waals surface area contributed by atoms with Crippen molar-refractivity contribution in [2.24, 2.45) is 5.92 Å². The smallest absolute Gasteiger partial charge is 0.130 e. The fourth-order valence-electron chi connectivity index (χ4n) is 5.72. The average Bonchev–Trinajstić information content (AvgIpc) is 2.83. The highest BCUT2D eigenvalue weighted by molar-refractivity contribution is 5.59. The van der Waals surface area contributed by atoms with Gasteiger partial charge in [-0.1, -0.05) is 18.2 Å². The Bertz CT molecular complexity index is 676. The van der Waals surface area contributed by atoms with Crippen molar-refractivity contribution in [3.63, 3.8) is 0 Å². The maximum atomic E-state index is 6.57. The molecule has 4 atom stereocenters. The second-order valence-electron chi connectivity index (χ2n) is 7.58. The average molecular weight is 281 g/mol. The highest BCUT2D eigenvalue weighted by Crippen LogP contribution is 2.62. The van der Waals surface area contributed by atoms with Gasteiger partial charge in [0.05, 0.1) is 0 Å². The predicted octanol–water partition coefficient (Wildman–Crippen LogP) is 3.22. The first-order valence-electron chi connectivity index (χ1n) is 8.29. The van der Waals surface area contributed by atoms with Gasteiger partial charge in [-0.2, -0.15) is 0 Å². The number of ether oxygens (including phenoxy) is 1. The summed E-state index contributed by atoms with van der Waals surface area (Å²) in [5.41, 5.74) is 6.19. The van der Waals surface area contributed by atoms with E-state index in [2.05, 4.69) is 44.0 Å². The molecule has 1 aromatic rings. The van der Waals surface area contributed by atoms with Gasteiger partial charge in [0, 0.05) is 17.0 Å². The van der Waals surface area contributed by atoms with Gasteiger partial charge < -0.3 is 9.64 Å². The summed E-state index contributed by atoms with van der Waals surface area (Å²) in [6, 6.07) is 5.32. The number of likely N-dealkylation sites (N-methyl/N-ethyl adjacent to an activating group) is 1. The van der Waals surface area contributed by atoms with Crippen LogP contribution in [0.4, 0.5) is 0 Å². The number of piperidine rings is 1. The van der Waals surface area contributed by atoms with E-state index in [1.54, 1.807) is 11.1 Å². The molecule has 2 heteroatoms. The minimum Gasteiger partial charge on any atom is -0.485 e. The summed E-state index contributed by atoms with van der Waals surface area (Å²) in [6.07, 6.45) is 6.43. The molecule has 2 unspecified atom stereocenters. The molecule has 0 N–H and O–H groups in total. The van der Waals surface area contributed by atoms with Crippen LogP contribution in [0, 0.1) is 12.8 Å². The Morgan fingerprint density at radius 2 is 2.14 bits per heavy atom.